The Morgan fingerprint density at radius 3 is 2.41 bits per heavy atom. The summed E-state index contributed by atoms with van der Waals surface area (Å²) < 4.78 is 0. The van der Waals surface area contributed by atoms with Crippen LogP contribution >= 0.6 is 0 Å². The summed E-state index contributed by atoms with van der Waals surface area (Å²) in [5, 5.41) is 2.94. The molecule has 1 atom stereocenters. The van der Waals surface area contributed by atoms with E-state index in [0.717, 1.165) is 17.7 Å². The molecule has 27 heavy (non-hydrogen) atoms. The van der Waals surface area contributed by atoms with Crippen LogP contribution in [0.1, 0.15) is 38.2 Å². The van der Waals surface area contributed by atoms with Crippen molar-refractivity contribution < 1.29 is 14.4 Å². The number of nitrogens with one attached hydrogen (secondary N) is 1. The molecule has 0 aromatic heterocycles. The zero-order chi connectivity index (χ0) is 19.4. The van der Waals surface area contributed by atoms with Crippen molar-refractivity contribution >= 4 is 23.4 Å². The molecule has 2 saturated heterocycles. The third-order valence-electron chi connectivity index (χ3n) is 5.55. The lowest BCUT2D eigenvalue weighted by molar-refractivity contribution is -0.139. The molecule has 0 saturated carbocycles. The van der Waals surface area contributed by atoms with Gasteiger partial charge in [0.05, 0.1) is 5.92 Å². The summed E-state index contributed by atoms with van der Waals surface area (Å²) in [6, 6.07) is 7.82. The second kappa shape index (κ2) is 8.55. The Labute approximate surface area is 160 Å². The quantitative estimate of drug-likeness (QED) is 0.862. The zero-order valence-electron chi connectivity index (χ0n) is 16.2. The van der Waals surface area contributed by atoms with E-state index in [9.17, 15) is 14.4 Å². The minimum absolute atomic E-state index is 0.00475. The molecule has 1 N–H and O–H groups in total. The first kappa shape index (κ1) is 19.4. The number of carbonyl (C=O) groups is 3. The van der Waals surface area contributed by atoms with E-state index in [4.69, 9.17) is 0 Å². The van der Waals surface area contributed by atoms with Gasteiger partial charge in [0, 0.05) is 44.2 Å². The van der Waals surface area contributed by atoms with Gasteiger partial charge in [-0.3, -0.25) is 14.4 Å². The highest BCUT2D eigenvalue weighted by Crippen LogP contribution is 2.28. The Balaban J connectivity index is 1.54. The number of aryl methyl sites for hydroxylation is 1. The summed E-state index contributed by atoms with van der Waals surface area (Å²) in [6.07, 6.45) is 2.59. The first-order chi connectivity index (χ1) is 13.0. The van der Waals surface area contributed by atoms with Gasteiger partial charge in [-0.05, 0) is 38.3 Å². The van der Waals surface area contributed by atoms with E-state index in [2.05, 4.69) is 5.32 Å². The Morgan fingerprint density at radius 1 is 1.11 bits per heavy atom. The first-order valence-electron chi connectivity index (χ1n) is 9.93. The Hall–Kier alpha value is -2.37. The molecule has 2 heterocycles. The SMILES string of the molecule is CCCNC(=O)C1CCN(C(=O)[C@@H]2CC(=O)N(c3ccc(C)cc3)C2)CC1. The third kappa shape index (κ3) is 4.49. The van der Waals surface area contributed by atoms with Gasteiger partial charge in [-0.25, -0.2) is 0 Å². The molecule has 2 aliphatic rings. The van der Waals surface area contributed by atoms with Crippen LogP contribution in [0, 0.1) is 18.8 Å². The molecule has 0 aliphatic carbocycles. The van der Waals surface area contributed by atoms with Crippen molar-refractivity contribution in [2.24, 2.45) is 11.8 Å². The number of piperidine rings is 1. The van der Waals surface area contributed by atoms with Crippen LogP contribution in [0.15, 0.2) is 24.3 Å². The normalized spacial score (nSPS) is 20.8. The fourth-order valence-electron chi connectivity index (χ4n) is 3.86. The summed E-state index contributed by atoms with van der Waals surface area (Å²) in [6.45, 7) is 6.38. The third-order valence-corrected chi connectivity index (χ3v) is 5.55. The van der Waals surface area contributed by atoms with Crippen molar-refractivity contribution in [3.8, 4) is 0 Å². The smallest absolute Gasteiger partial charge is 0.228 e. The number of hydrogen-bond donors (Lipinski definition) is 1. The number of benzene rings is 1. The van der Waals surface area contributed by atoms with Gasteiger partial charge in [0.2, 0.25) is 17.7 Å². The lowest BCUT2D eigenvalue weighted by atomic mass is 9.94. The fraction of sp³-hybridized carbons (Fsp3) is 0.571. The maximum Gasteiger partial charge on any atom is 0.228 e. The number of likely N-dealkylation sites (tertiary alicyclic amines) is 1. The predicted molar refractivity (Wildman–Crippen MR) is 104 cm³/mol. The van der Waals surface area contributed by atoms with E-state index < -0.39 is 0 Å². The second-order valence-electron chi connectivity index (χ2n) is 7.63. The summed E-state index contributed by atoms with van der Waals surface area (Å²) in [4.78, 5) is 40.9. The molecule has 146 valence electrons. The molecular weight excluding hydrogens is 342 g/mol. The van der Waals surface area contributed by atoms with Crippen LogP contribution in [0.25, 0.3) is 0 Å². The van der Waals surface area contributed by atoms with Crippen molar-refractivity contribution in [3.63, 3.8) is 0 Å². The van der Waals surface area contributed by atoms with Crippen LogP contribution in [-0.2, 0) is 14.4 Å². The van der Waals surface area contributed by atoms with E-state index in [1.165, 1.54) is 0 Å². The second-order valence-corrected chi connectivity index (χ2v) is 7.63. The molecule has 0 radical (unpaired) electrons. The van der Waals surface area contributed by atoms with Crippen LogP contribution in [0.4, 0.5) is 5.69 Å². The molecule has 0 bridgehead atoms. The molecule has 6 nitrogen and oxygen atoms in total. The molecule has 3 rings (SSSR count). The van der Waals surface area contributed by atoms with Gasteiger partial charge in [0.1, 0.15) is 0 Å². The van der Waals surface area contributed by atoms with E-state index in [0.29, 0.717) is 39.0 Å². The molecule has 2 aliphatic heterocycles. The van der Waals surface area contributed by atoms with Crippen molar-refractivity contribution in [2.45, 2.75) is 39.5 Å². The van der Waals surface area contributed by atoms with Crippen LogP contribution in [-0.4, -0.2) is 48.8 Å². The number of carbonyl (C=O) groups excluding carboxylic acids is 3. The Morgan fingerprint density at radius 2 is 1.78 bits per heavy atom. The van der Waals surface area contributed by atoms with Crippen LogP contribution in [0.5, 0.6) is 0 Å². The minimum atomic E-state index is -0.288. The number of amides is 3. The topological polar surface area (TPSA) is 69.7 Å². The predicted octanol–water partition coefficient (Wildman–Crippen LogP) is 2.11. The zero-order valence-corrected chi connectivity index (χ0v) is 16.2. The number of nitrogens with zero attached hydrogens (tertiary/aromatic N) is 2. The van der Waals surface area contributed by atoms with Gasteiger partial charge in [-0.15, -0.1) is 0 Å². The van der Waals surface area contributed by atoms with Crippen molar-refractivity contribution in [1.82, 2.24) is 10.2 Å². The van der Waals surface area contributed by atoms with Gasteiger partial charge in [-0.1, -0.05) is 24.6 Å². The van der Waals surface area contributed by atoms with Crippen molar-refractivity contribution in [3.05, 3.63) is 29.8 Å². The van der Waals surface area contributed by atoms with E-state index in [1.54, 1.807) is 4.90 Å². The average molecular weight is 371 g/mol. The maximum atomic E-state index is 12.9. The number of rotatable bonds is 5. The molecule has 1 aromatic carbocycles. The van der Waals surface area contributed by atoms with Crippen LogP contribution < -0.4 is 10.2 Å². The van der Waals surface area contributed by atoms with Crippen molar-refractivity contribution in [1.29, 1.82) is 0 Å². The lowest BCUT2D eigenvalue weighted by Crippen LogP contribution is -2.45. The van der Waals surface area contributed by atoms with Gasteiger partial charge in [0.15, 0.2) is 0 Å². The molecule has 0 unspecified atom stereocenters. The highest BCUT2D eigenvalue weighted by atomic mass is 16.2. The van der Waals surface area contributed by atoms with Gasteiger partial charge in [0.25, 0.3) is 0 Å². The largest absolute Gasteiger partial charge is 0.356 e. The summed E-state index contributed by atoms with van der Waals surface area (Å²) in [5.41, 5.74) is 2.00. The highest BCUT2D eigenvalue weighted by molar-refractivity contribution is 6.00. The Bertz CT molecular complexity index is 693. The maximum absolute atomic E-state index is 12.9. The van der Waals surface area contributed by atoms with Crippen LogP contribution in [0.3, 0.4) is 0 Å². The van der Waals surface area contributed by atoms with Gasteiger partial charge < -0.3 is 15.1 Å². The van der Waals surface area contributed by atoms with E-state index >= 15 is 0 Å². The van der Waals surface area contributed by atoms with Crippen molar-refractivity contribution in [2.75, 3.05) is 31.1 Å². The summed E-state index contributed by atoms with van der Waals surface area (Å²) in [7, 11) is 0. The summed E-state index contributed by atoms with van der Waals surface area (Å²) in [5.74, 6) is -0.138. The molecule has 3 amide bonds. The molecule has 0 spiro atoms. The molecule has 2 fully saturated rings. The van der Waals surface area contributed by atoms with E-state index in [-0.39, 0.29) is 36.0 Å². The van der Waals surface area contributed by atoms with Gasteiger partial charge >= 0.3 is 0 Å². The number of hydrogen-bond acceptors (Lipinski definition) is 3. The lowest BCUT2D eigenvalue weighted by Gasteiger charge is -2.33. The fourth-order valence-corrected chi connectivity index (χ4v) is 3.86. The molecule has 6 heteroatoms. The molecular formula is C21H29N3O3. The monoisotopic (exact) mass is 371 g/mol. The molecule has 1 aromatic rings. The van der Waals surface area contributed by atoms with Crippen LogP contribution in [0.2, 0.25) is 0 Å². The average Bonchev–Trinajstić information content (AvgIpc) is 3.08. The van der Waals surface area contributed by atoms with Gasteiger partial charge in [-0.2, -0.15) is 0 Å². The number of anilines is 1. The standard InChI is InChI=1S/C21H29N3O3/c1-3-10-22-20(26)16-8-11-23(12-9-16)21(27)17-13-19(25)24(14-17)18-6-4-15(2)5-7-18/h4-7,16-17H,3,8-14H2,1-2H3,(H,22,26)/t17-/m1/s1. The highest BCUT2D eigenvalue weighted by Gasteiger charge is 2.38. The first-order valence-corrected chi connectivity index (χ1v) is 9.93. The Kier molecular flexibility index (Phi) is 6.14. The van der Waals surface area contributed by atoms with E-state index in [1.807, 2.05) is 43.0 Å². The summed E-state index contributed by atoms with van der Waals surface area (Å²) >= 11 is 0. The minimum Gasteiger partial charge on any atom is -0.356 e.